The summed E-state index contributed by atoms with van der Waals surface area (Å²) in [4.78, 5) is 12.8. The topological polar surface area (TPSA) is 69.3 Å². The fraction of sp³-hybridized carbons (Fsp3) is 0.231. The average molecular weight is 448 g/mol. The molecule has 0 spiro atoms. The third kappa shape index (κ3) is 5.31. The van der Waals surface area contributed by atoms with Gasteiger partial charge in [0.1, 0.15) is 23.9 Å². The maximum absolute atomic E-state index is 13.5. The molecule has 0 aliphatic carbocycles. The molecule has 4 aromatic rings. The number of carbonyl (C=O) groups excluding carboxylic acids is 1. The minimum atomic E-state index is -0.371. The minimum Gasteiger partial charge on any atom is -0.486 e. The smallest absolute Gasteiger partial charge is 0.291 e. The van der Waals surface area contributed by atoms with Gasteiger partial charge in [-0.3, -0.25) is 9.48 Å². The van der Waals surface area contributed by atoms with Gasteiger partial charge in [0.2, 0.25) is 0 Å². The SMILES string of the molecule is Cc1cc(C)cc(OCc2ccc(C(=O)Nc3c(C)nn(Cc4cccc(F)c4)c3C)o2)c1. The lowest BCUT2D eigenvalue weighted by Gasteiger charge is -2.07. The molecule has 0 radical (unpaired) electrons. The molecule has 33 heavy (non-hydrogen) atoms. The molecule has 0 atom stereocenters. The van der Waals surface area contributed by atoms with Crippen LogP contribution in [-0.2, 0) is 13.2 Å². The minimum absolute atomic E-state index is 0.186. The number of hydrogen-bond donors (Lipinski definition) is 1. The predicted octanol–water partition coefficient (Wildman–Crippen LogP) is 5.73. The van der Waals surface area contributed by atoms with Gasteiger partial charge in [0.15, 0.2) is 5.76 Å². The van der Waals surface area contributed by atoms with Crippen molar-refractivity contribution >= 4 is 11.6 Å². The number of nitrogens with one attached hydrogen (secondary N) is 1. The lowest BCUT2D eigenvalue weighted by Crippen LogP contribution is -2.12. The van der Waals surface area contributed by atoms with Crippen LogP contribution in [0, 0.1) is 33.5 Å². The zero-order valence-corrected chi connectivity index (χ0v) is 19.1. The van der Waals surface area contributed by atoms with Crippen molar-refractivity contribution in [3.05, 3.63) is 100 Å². The number of benzene rings is 2. The van der Waals surface area contributed by atoms with Crippen LogP contribution in [0.25, 0.3) is 0 Å². The highest BCUT2D eigenvalue weighted by Crippen LogP contribution is 2.23. The Morgan fingerprint density at radius 3 is 2.55 bits per heavy atom. The second-order valence-corrected chi connectivity index (χ2v) is 8.17. The number of hydrogen-bond acceptors (Lipinski definition) is 4. The van der Waals surface area contributed by atoms with Crippen LogP contribution in [-0.4, -0.2) is 15.7 Å². The Morgan fingerprint density at radius 1 is 1.06 bits per heavy atom. The molecule has 0 unspecified atom stereocenters. The van der Waals surface area contributed by atoms with Crippen molar-refractivity contribution in [2.45, 2.75) is 40.8 Å². The zero-order chi connectivity index (χ0) is 23.5. The lowest BCUT2D eigenvalue weighted by atomic mass is 10.1. The van der Waals surface area contributed by atoms with Crippen LogP contribution in [0.4, 0.5) is 10.1 Å². The molecule has 0 fully saturated rings. The van der Waals surface area contributed by atoms with Crippen LogP contribution >= 0.6 is 0 Å². The summed E-state index contributed by atoms with van der Waals surface area (Å²) in [7, 11) is 0. The second-order valence-electron chi connectivity index (χ2n) is 8.17. The first-order valence-corrected chi connectivity index (χ1v) is 10.7. The van der Waals surface area contributed by atoms with Gasteiger partial charge in [0.25, 0.3) is 5.91 Å². The Morgan fingerprint density at radius 2 is 1.82 bits per heavy atom. The fourth-order valence-corrected chi connectivity index (χ4v) is 3.76. The molecule has 0 aliphatic heterocycles. The van der Waals surface area contributed by atoms with Gasteiger partial charge in [-0.05, 0) is 80.8 Å². The Kier molecular flexibility index (Phi) is 6.31. The monoisotopic (exact) mass is 447 g/mol. The maximum Gasteiger partial charge on any atom is 0.291 e. The first kappa shape index (κ1) is 22.3. The number of aryl methyl sites for hydroxylation is 3. The van der Waals surface area contributed by atoms with Crippen LogP contribution in [0.5, 0.6) is 5.75 Å². The molecule has 7 heteroatoms. The molecular weight excluding hydrogens is 421 g/mol. The Balaban J connectivity index is 1.42. The van der Waals surface area contributed by atoms with E-state index in [2.05, 4.69) is 16.5 Å². The van der Waals surface area contributed by atoms with Gasteiger partial charge in [0, 0.05) is 0 Å². The average Bonchev–Trinajstić information content (AvgIpc) is 3.32. The molecule has 0 bridgehead atoms. The van der Waals surface area contributed by atoms with E-state index in [9.17, 15) is 9.18 Å². The molecule has 2 aromatic carbocycles. The van der Waals surface area contributed by atoms with Crippen molar-refractivity contribution < 1.29 is 18.3 Å². The van der Waals surface area contributed by atoms with Crippen LogP contribution in [0.15, 0.2) is 59.0 Å². The van der Waals surface area contributed by atoms with Crippen molar-refractivity contribution in [3.8, 4) is 5.75 Å². The van der Waals surface area contributed by atoms with Crippen molar-refractivity contribution in [2.75, 3.05) is 5.32 Å². The predicted molar refractivity (Wildman–Crippen MR) is 124 cm³/mol. The third-order valence-corrected chi connectivity index (χ3v) is 5.30. The number of rotatable bonds is 7. The number of carbonyl (C=O) groups is 1. The van der Waals surface area contributed by atoms with Crippen molar-refractivity contribution in [1.29, 1.82) is 0 Å². The molecule has 1 amide bonds. The van der Waals surface area contributed by atoms with E-state index in [0.29, 0.717) is 23.7 Å². The van der Waals surface area contributed by atoms with Gasteiger partial charge in [-0.15, -0.1) is 0 Å². The molecule has 0 saturated carbocycles. The maximum atomic E-state index is 13.5. The van der Waals surface area contributed by atoms with Crippen molar-refractivity contribution in [3.63, 3.8) is 0 Å². The summed E-state index contributed by atoms with van der Waals surface area (Å²) in [5.74, 6) is 0.828. The van der Waals surface area contributed by atoms with Crippen LogP contribution in [0.3, 0.4) is 0 Å². The number of furan rings is 1. The summed E-state index contributed by atoms with van der Waals surface area (Å²) in [6.07, 6.45) is 0. The zero-order valence-electron chi connectivity index (χ0n) is 19.1. The highest BCUT2D eigenvalue weighted by atomic mass is 19.1. The van der Waals surface area contributed by atoms with Gasteiger partial charge in [-0.2, -0.15) is 5.10 Å². The number of anilines is 1. The first-order valence-electron chi connectivity index (χ1n) is 10.7. The largest absolute Gasteiger partial charge is 0.486 e. The molecule has 0 aliphatic rings. The molecule has 170 valence electrons. The van der Waals surface area contributed by atoms with Gasteiger partial charge in [-0.1, -0.05) is 18.2 Å². The normalized spacial score (nSPS) is 10.9. The Bertz CT molecular complexity index is 1290. The molecule has 2 heterocycles. The van der Waals surface area contributed by atoms with E-state index < -0.39 is 0 Å². The quantitative estimate of drug-likeness (QED) is 0.393. The summed E-state index contributed by atoms with van der Waals surface area (Å²) in [5.41, 5.74) is 5.08. The van der Waals surface area contributed by atoms with Gasteiger partial charge >= 0.3 is 0 Å². The van der Waals surface area contributed by atoms with E-state index in [1.807, 2.05) is 45.9 Å². The van der Waals surface area contributed by atoms with Crippen LogP contribution in [0.1, 0.15) is 44.4 Å². The molecular formula is C26H26FN3O3. The van der Waals surface area contributed by atoms with Crippen molar-refractivity contribution in [2.24, 2.45) is 0 Å². The molecule has 1 N–H and O–H groups in total. The number of nitrogens with zero attached hydrogens (tertiary/aromatic N) is 2. The van der Waals surface area contributed by atoms with E-state index in [1.165, 1.54) is 12.1 Å². The molecule has 6 nitrogen and oxygen atoms in total. The molecule has 0 saturated heterocycles. The van der Waals surface area contributed by atoms with Gasteiger partial charge < -0.3 is 14.5 Å². The standard InChI is InChI=1S/C26H26FN3O3/c1-16-10-17(2)12-23(11-16)32-15-22-8-9-24(33-22)26(31)28-25-18(3)29-30(19(25)4)14-20-6-5-7-21(27)13-20/h5-13H,14-15H2,1-4H3,(H,28,31). The summed E-state index contributed by atoms with van der Waals surface area (Å²) < 4.78 is 26.7. The van der Waals surface area contributed by atoms with E-state index in [-0.39, 0.29) is 24.1 Å². The highest BCUT2D eigenvalue weighted by Gasteiger charge is 2.18. The number of aromatic nitrogens is 2. The molecule has 2 aromatic heterocycles. The molecule has 4 rings (SSSR count). The van der Waals surface area contributed by atoms with E-state index in [0.717, 1.165) is 28.1 Å². The third-order valence-electron chi connectivity index (χ3n) is 5.30. The lowest BCUT2D eigenvalue weighted by molar-refractivity contribution is 0.0992. The summed E-state index contributed by atoms with van der Waals surface area (Å²) in [6.45, 7) is 8.33. The van der Waals surface area contributed by atoms with E-state index in [4.69, 9.17) is 9.15 Å². The number of amides is 1. The van der Waals surface area contributed by atoms with Gasteiger partial charge in [0.05, 0.1) is 23.6 Å². The summed E-state index contributed by atoms with van der Waals surface area (Å²) in [6, 6.07) is 15.7. The Labute approximate surface area is 192 Å². The van der Waals surface area contributed by atoms with Gasteiger partial charge in [-0.25, -0.2) is 4.39 Å². The van der Waals surface area contributed by atoms with E-state index >= 15 is 0 Å². The number of halogens is 1. The summed E-state index contributed by atoms with van der Waals surface area (Å²) in [5, 5.41) is 7.38. The van der Waals surface area contributed by atoms with E-state index in [1.54, 1.807) is 22.9 Å². The first-order chi connectivity index (χ1) is 15.8. The highest BCUT2D eigenvalue weighted by molar-refractivity contribution is 6.02. The van der Waals surface area contributed by atoms with Crippen LogP contribution in [0.2, 0.25) is 0 Å². The van der Waals surface area contributed by atoms with Crippen molar-refractivity contribution in [1.82, 2.24) is 9.78 Å². The Hall–Kier alpha value is -3.87. The number of ether oxygens (including phenoxy) is 1. The fourth-order valence-electron chi connectivity index (χ4n) is 3.76. The second kappa shape index (κ2) is 9.32. The summed E-state index contributed by atoms with van der Waals surface area (Å²) >= 11 is 0. The van der Waals surface area contributed by atoms with Crippen LogP contribution < -0.4 is 10.1 Å².